The second-order valence-electron chi connectivity index (χ2n) is 7.14. The van der Waals surface area contributed by atoms with Gasteiger partial charge in [-0.2, -0.15) is 5.10 Å². The van der Waals surface area contributed by atoms with Gasteiger partial charge in [-0.3, -0.25) is 5.01 Å². The van der Waals surface area contributed by atoms with Crippen LogP contribution in [0.1, 0.15) is 23.6 Å². The maximum Gasteiger partial charge on any atom is 0.203 e. The molecule has 0 spiro atoms. The minimum absolute atomic E-state index is 0.234. The average Bonchev–Trinajstić information content (AvgIpc) is 3.25. The van der Waals surface area contributed by atoms with E-state index in [0.717, 1.165) is 22.5 Å². The van der Waals surface area contributed by atoms with E-state index in [1.807, 2.05) is 23.2 Å². The van der Waals surface area contributed by atoms with E-state index < -0.39 is 0 Å². The van der Waals surface area contributed by atoms with E-state index >= 15 is 0 Å². The number of rotatable bonds is 6. The van der Waals surface area contributed by atoms with E-state index in [-0.39, 0.29) is 11.9 Å². The molecule has 0 N–H and O–H groups in total. The molecule has 8 heteroatoms. The highest BCUT2D eigenvalue weighted by atomic mass is 35.5. The predicted octanol–water partition coefficient (Wildman–Crippen LogP) is 6.51. The van der Waals surface area contributed by atoms with Gasteiger partial charge in [0.15, 0.2) is 11.5 Å². The van der Waals surface area contributed by atoms with E-state index in [1.54, 1.807) is 45.6 Å². The molecule has 0 aliphatic carbocycles. The lowest BCUT2D eigenvalue weighted by Crippen LogP contribution is -2.19. The first kappa shape index (κ1) is 22.2. The maximum absolute atomic E-state index is 13.5. The van der Waals surface area contributed by atoms with Crippen LogP contribution in [0.5, 0.6) is 17.2 Å². The Morgan fingerprint density at radius 3 is 2.22 bits per heavy atom. The van der Waals surface area contributed by atoms with Gasteiger partial charge in [0.1, 0.15) is 5.82 Å². The molecule has 1 atom stereocenters. The van der Waals surface area contributed by atoms with Gasteiger partial charge in [0, 0.05) is 12.0 Å². The highest BCUT2D eigenvalue weighted by Crippen LogP contribution is 2.47. The molecule has 0 saturated heterocycles. The van der Waals surface area contributed by atoms with E-state index in [9.17, 15) is 4.39 Å². The molecule has 1 heterocycles. The Balaban J connectivity index is 1.84. The molecule has 1 unspecified atom stereocenters. The Morgan fingerprint density at radius 1 is 0.875 bits per heavy atom. The predicted molar refractivity (Wildman–Crippen MR) is 125 cm³/mol. The minimum Gasteiger partial charge on any atom is -0.493 e. The largest absolute Gasteiger partial charge is 0.493 e. The summed E-state index contributed by atoms with van der Waals surface area (Å²) in [5.74, 6) is 1.31. The Bertz CT molecular complexity index is 1170. The van der Waals surface area contributed by atoms with E-state index in [0.29, 0.717) is 33.7 Å². The smallest absolute Gasteiger partial charge is 0.203 e. The molecule has 0 saturated carbocycles. The summed E-state index contributed by atoms with van der Waals surface area (Å²) in [6.07, 6.45) is 0.553. The van der Waals surface area contributed by atoms with Crippen LogP contribution >= 0.6 is 23.2 Å². The van der Waals surface area contributed by atoms with Crippen molar-refractivity contribution in [1.82, 2.24) is 0 Å². The van der Waals surface area contributed by atoms with E-state index in [2.05, 4.69) is 0 Å². The van der Waals surface area contributed by atoms with Crippen molar-refractivity contribution >= 4 is 34.6 Å². The third-order valence-electron chi connectivity index (χ3n) is 5.35. The van der Waals surface area contributed by atoms with Gasteiger partial charge in [0.25, 0.3) is 0 Å². The first-order chi connectivity index (χ1) is 15.5. The molecular formula is C24H21Cl2FN2O3. The fourth-order valence-corrected chi connectivity index (χ4v) is 4.11. The van der Waals surface area contributed by atoms with Crippen LogP contribution in [0.4, 0.5) is 10.1 Å². The van der Waals surface area contributed by atoms with Gasteiger partial charge in [0.2, 0.25) is 5.75 Å². The Hall–Kier alpha value is -2.96. The molecule has 3 aromatic rings. The molecule has 1 aliphatic heterocycles. The zero-order chi connectivity index (χ0) is 22.8. The summed E-state index contributed by atoms with van der Waals surface area (Å²) >= 11 is 12.4. The number of anilines is 1. The Kier molecular flexibility index (Phi) is 6.44. The Morgan fingerprint density at radius 2 is 1.59 bits per heavy atom. The number of halogens is 3. The highest BCUT2D eigenvalue weighted by Gasteiger charge is 2.34. The fourth-order valence-electron chi connectivity index (χ4n) is 3.82. The molecule has 0 amide bonds. The van der Waals surface area contributed by atoms with Gasteiger partial charge in [0.05, 0.1) is 48.8 Å². The van der Waals surface area contributed by atoms with Gasteiger partial charge in [-0.25, -0.2) is 4.39 Å². The fraction of sp³-hybridized carbons (Fsp3) is 0.208. The molecule has 0 fully saturated rings. The molecule has 166 valence electrons. The molecule has 4 rings (SSSR count). The number of methoxy groups -OCH3 is 3. The van der Waals surface area contributed by atoms with Crippen LogP contribution in [0.25, 0.3) is 0 Å². The van der Waals surface area contributed by atoms with Gasteiger partial charge in [-0.05, 0) is 48.0 Å². The molecule has 32 heavy (non-hydrogen) atoms. The number of ether oxygens (including phenoxy) is 3. The zero-order valence-electron chi connectivity index (χ0n) is 17.7. The Labute approximate surface area is 195 Å². The maximum atomic E-state index is 13.5. The molecule has 3 aromatic carbocycles. The van der Waals surface area contributed by atoms with Crippen molar-refractivity contribution in [2.75, 3.05) is 26.3 Å². The summed E-state index contributed by atoms with van der Waals surface area (Å²) in [6.45, 7) is 0. The number of benzene rings is 3. The first-order valence-electron chi connectivity index (χ1n) is 9.83. The van der Waals surface area contributed by atoms with Gasteiger partial charge >= 0.3 is 0 Å². The number of nitrogens with zero attached hydrogens (tertiary/aromatic N) is 2. The van der Waals surface area contributed by atoms with Gasteiger partial charge < -0.3 is 14.2 Å². The summed E-state index contributed by atoms with van der Waals surface area (Å²) in [5.41, 5.74) is 3.26. The summed E-state index contributed by atoms with van der Waals surface area (Å²) in [7, 11) is 4.72. The summed E-state index contributed by atoms with van der Waals surface area (Å²) in [6, 6.07) is 15.2. The van der Waals surface area contributed by atoms with E-state index in [1.165, 1.54) is 12.1 Å². The van der Waals surface area contributed by atoms with E-state index in [4.69, 9.17) is 42.5 Å². The quantitative estimate of drug-likeness (QED) is 0.408. The molecule has 0 radical (unpaired) electrons. The average molecular weight is 475 g/mol. The SMILES string of the molecule is COc1ccc(C2CC(c3ccc(F)cc3)=NN2c2ccc(Cl)c(Cl)c2)c(OC)c1OC. The normalized spacial score (nSPS) is 15.5. The molecule has 0 aromatic heterocycles. The van der Waals surface area contributed by atoms with Crippen molar-refractivity contribution < 1.29 is 18.6 Å². The topological polar surface area (TPSA) is 43.3 Å². The van der Waals surface area contributed by atoms with Crippen molar-refractivity contribution in [3.8, 4) is 17.2 Å². The van der Waals surface area contributed by atoms with Crippen molar-refractivity contribution in [1.29, 1.82) is 0 Å². The summed E-state index contributed by atoms with van der Waals surface area (Å²) < 4.78 is 30.2. The monoisotopic (exact) mass is 474 g/mol. The highest BCUT2D eigenvalue weighted by molar-refractivity contribution is 6.42. The van der Waals surface area contributed by atoms with Crippen LogP contribution in [0.2, 0.25) is 10.0 Å². The van der Waals surface area contributed by atoms with Crippen LogP contribution in [0.3, 0.4) is 0 Å². The lowest BCUT2D eigenvalue weighted by atomic mass is 9.96. The van der Waals surface area contributed by atoms with Gasteiger partial charge in [-0.1, -0.05) is 35.3 Å². The molecule has 0 bridgehead atoms. The van der Waals surface area contributed by atoms with Crippen LogP contribution in [-0.2, 0) is 0 Å². The van der Waals surface area contributed by atoms with Crippen LogP contribution < -0.4 is 19.2 Å². The summed E-state index contributed by atoms with van der Waals surface area (Å²) in [5, 5.41) is 7.60. The standard InChI is InChI=1S/C24H21Cl2FN2O3/c1-30-22-11-9-17(23(31-2)24(22)32-3)21-13-20(14-4-6-15(27)7-5-14)28-29(21)16-8-10-18(25)19(26)12-16/h4-12,21H,13H2,1-3H3. The number of hydrogen-bond acceptors (Lipinski definition) is 5. The van der Waals surface area contributed by atoms with Crippen LogP contribution in [0, 0.1) is 5.82 Å². The first-order valence-corrected chi connectivity index (χ1v) is 10.6. The van der Waals surface area contributed by atoms with Gasteiger partial charge in [-0.15, -0.1) is 0 Å². The van der Waals surface area contributed by atoms with Crippen molar-refractivity contribution in [3.63, 3.8) is 0 Å². The lowest BCUT2D eigenvalue weighted by Gasteiger charge is -2.26. The van der Waals surface area contributed by atoms with Crippen LogP contribution in [0.15, 0.2) is 59.7 Å². The van der Waals surface area contributed by atoms with Crippen molar-refractivity contribution in [2.24, 2.45) is 5.10 Å². The third kappa shape index (κ3) is 4.08. The molecule has 5 nitrogen and oxygen atoms in total. The van der Waals surface area contributed by atoms with Crippen molar-refractivity contribution in [2.45, 2.75) is 12.5 Å². The minimum atomic E-state index is -0.299. The molecule has 1 aliphatic rings. The second-order valence-corrected chi connectivity index (χ2v) is 7.95. The number of hydrazone groups is 1. The van der Waals surface area contributed by atoms with Crippen molar-refractivity contribution in [3.05, 3.63) is 81.6 Å². The number of hydrogen-bond donors (Lipinski definition) is 0. The summed E-state index contributed by atoms with van der Waals surface area (Å²) in [4.78, 5) is 0. The zero-order valence-corrected chi connectivity index (χ0v) is 19.2. The van der Waals surface area contributed by atoms with Crippen LogP contribution in [-0.4, -0.2) is 27.0 Å². The third-order valence-corrected chi connectivity index (χ3v) is 6.09. The molecular weight excluding hydrogens is 454 g/mol. The lowest BCUT2D eigenvalue weighted by molar-refractivity contribution is 0.321. The second kappa shape index (κ2) is 9.27.